The van der Waals surface area contributed by atoms with Gasteiger partial charge in [0.1, 0.15) is 35.0 Å². The van der Waals surface area contributed by atoms with Gasteiger partial charge in [0.25, 0.3) is 10.0 Å². The molecule has 3 aromatic heterocycles. The summed E-state index contributed by atoms with van der Waals surface area (Å²) >= 11 is 0. The highest BCUT2D eigenvalue weighted by Crippen LogP contribution is 2.32. The fraction of sp³-hybridized carbons (Fsp3) is 0.167. The van der Waals surface area contributed by atoms with Crippen LogP contribution in [0.25, 0.3) is 27.9 Å². The molecule has 1 aliphatic heterocycles. The van der Waals surface area contributed by atoms with E-state index in [1.165, 1.54) is 25.7 Å². The van der Waals surface area contributed by atoms with Gasteiger partial charge in [0.05, 0.1) is 24.0 Å². The van der Waals surface area contributed by atoms with Crippen molar-refractivity contribution in [1.82, 2.24) is 25.3 Å². The first-order chi connectivity index (χ1) is 17.8. The molecule has 0 fully saturated rings. The van der Waals surface area contributed by atoms with Crippen LogP contribution in [0, 0.1) is 17.5 Å². The summed E-state index contributed by atoms with van der Waals surface area (Å²) in [5, 5.41) is 3.24. The third kappa shape index (κ3) is 4.82. The number of hydrogen-bond donors (Lipinski definition) is 2. The van der Waals surface area contributed by atoms with Crippen molar-refractivity contribution >= 4 is 32.3 Å². The highest BCUT2D eigenvalue weighted by atomic mass is 32.2. The molecule has 0 aliphatic carbocycles. The van der Waals surface area contributed by atoms with Gasteiger partial charge in [-0.15, -0.1) is 0 Å². The molecule has 4 heterocycles. The second-order valence-electron chi connectivity index (χ2n) is 8.05. The van der Waals surface area contributed by atoms with E-state index < -0.39 is 32.4 Å². The molecule has 9 nitrogen and oxygen atoms in total. The van der Waals surface area contributed by atoms with Gasteiger partial charge in [-0.2, -0.15) is 0 Å². The Morgan fingerprint density at radius 3 is 2.54 bits per heavy atom. The third-order valence-corrected chi connectivity index (χ3v) is 7.08. The van der Waals surface area contributed by atoms with Crippen molar-refractivity contribution in [2.75, 3.05) is 24.9 Å². The minimum Gasteiger partial charge on any atom is -0.480 e. The number of aromatic nitrogens is 4. The van der Waals surface area contributed by atoms with E-state index in [1.807, 2.05) is 6.08 Å². The van der Waals surface area contributed by atoms with Gasteiger partial charge < -0.3 is 10.1 Å². The predicted octanol–water partition coefficient (Wildman–Crippen LogP) is 3.69. The van der Waals surface area contributed by atoms with E-state index in [-0.39, 0.29) is 23.7 Å². The van der Waals surface area contributed by atoms with Gasteiger partial charge in [0, 0.05) is 30.4 Å². The quantitative estimate of drug-likeness (QED) is 0.389. The number of hydrogen-bond acceptors (Lipinski definition) is 8. The number of pyridine rings is 2. The Balaban J connectivity index is 1.57. The molecule has 0 saturated heterocycles. The van der Waals surface area contributed by atoms with Crippen molar-refractivity contribution in [3.8, 4) is 17.1 Å². The SMILES string of the molecule is COc1ncc(-c2ccc3ncnc(C4=CCNCC4)c3n2)cc1NS(=O)(=O)c1c(F)cc(F)cc1F. The highest BCUT2D eigenvalue weighted by molar-refractivity contribution is 7.92. The maximum atomic E-state index is 14.2. The molecule has 13 heteroatoms. The Kier molecular flexibility index (Phi) is 6.48. The standard InChI is InChI=1S/C24H19F3N6O3S/c1-36-24-20(33-37(34,35)23-16(26)9-15(25)10-17(23)27)8-14(11-29-24)18-2-3-19-22(32-18)21(31-12-30-19)13-4-6-28-7-5-13/h2-4,8-12,28,33H,5-7H2,1H3. The molecule has 0 amide bonds. The summed E-state index contributed by atoms with van der Waals surface area (Å²) in [5.74, 6) is -4.56. The molecular weight excluding hydrogens is 509 g/mol. The summed E-state index contributed by atoms with van der Waals surface area (Å²) in [6, 6.07) is 5.35. The molecule has 37 heavy (non-hydrogen) atoms. The van der Waals surface area contributed by atoms with Crippen molar-refractivity contribution in [3.05, 3.63) is 72.1 Å². The highest BCUT2D eigenvalue weighted by Gasteiger charge is 2.27. The topological polar surface area (TPSA) is 119 Å². The van der Waals surface area contributed by atoms with E-state index in [2.05, 4.69) is 25.0 Å². The second-order valence-corrected chi connectivity index (χ2v) is 9.67. The largest absolute Gasteiger partial charge is 0.480 e. The normalized spacial score (nSPS) is 13.9. The van der Waals surface area contributed by atoms with Crippen molar-refractivity contribution < 1.29 is 26.3 Å². The Labute approximate surface area is 209 Å². The Bertz CT molecular complexity index is 1640. The van der Waals surface area contributed by atoms with Crippen LogP contribution >= 0.6 is 0 Å². The van der Waals surface area contributed by atoms with Crippen LogP contribution in [0.3, 0.4) is 0 Å². The minimum absolute atomic E-state index is 0.153. The number of methoxy groups -OCH3 is 1. The van der Waals surface area contributed by atoms with E-state index in [1.54, 1.807) is 12.1 Å². The van der Waals surface area contributed by atoms with Gasteiger partial charge >= 0.3 is 0 Å². The molecule has 0 radical (unpaired) electrons. The summed E-state index contributed by atoms with van der Waals surface area (Å²) in [6.45, 7) is 1.51. The molecule has 2 N–H and O–H groups in total. The lowest BCUT2D eigenvalue weighted by atomic mass is 10.0. The van der Waals surface area contributed by atoms with E-state index in [0.717, 1.165) is 18.5 Å². The number of nitrogens with one attached hydrogen (secondary N) is 2. The number of anilines is 1. The molecule has 1 aromatic carbocycles. The second kappa shape index (κ2) is 9.75. The van der Waals surface area contributed by atoms with Gasteiger partial charge in [-0.1, -0.05) is 6.08 Å². The van der Waals surface area contributed by atoms with Crippen molar-refractivity contribution in [1.29, 1.82) is 0 Å². The van der Waals surface area contributed by atoms with Gasteiger partial charge in [-0.25, -0.2) is 41.5 Å². The fourth-order valence-electron chi connectivity index (χ4n) is 3.98. The lowest BCUT2D eigenvalue weighted by Gasteiger charge is -2.15. The zero-order valence-electron chi connectivity index (χ0n) is 19.3. The zero-order chi connectivity index (χ0) is 26.2. The predicted molar refractivity (Wildman–Crippen MR) is 130 cm³/mol. The van der Waals surface area contributed by atoms with E-state index >= 15 is 0 Å². The fourth-order valence-corrected chi connectivity index (χ4v) is 5.15. The zero-order valence-corrected chi connectivity index (χ0v) is 20.1. The molecule has 1 aliphatic rings. The van der Waals surface area contributed by atoms with Crippen molar-refractivity contribution in [2.45, 2.75) is 11.3 Å². The molecular formula is C24H19F3N6O3S. The average Bonchev–Trinajstić information content (AvgIpc) is 2.87. The lowest BCUT2D eigenvalue weighted by Crippen LogP contribution is -2.20. The van der Waals surface area contributed by atoms with Gasteiger partial charge in [-0.3, -0.25) is 4.72 Å². The van der Waals surface area contributed by atoms with E-state index in [0.29, 0.717) is 34.5 Å². The molecule has 0 unspecified atom stereocenters. The summed E-state index contributed by atoms with van der Waals surface area (Å²) < 4.78 is 74.5. The summed E-state index contributed by atoms with van der Waals surface area (Å²) in [7, 11) is -3.57. The number of sulfonamides is 1. The summed E-state index contributed by atoms with van der Waals surface area (Å²) in [5.41, 5.74) is 3.51. The van der Waals surface area contributed by atoms with Gasteiger partial charge in [-0.05, 0) is 36.7 Å². The molecule has 4 aromatic rings. The number of rotatable bonds is 6. The monoisotopic (exact) mass is 528 g/mol. The van der Waals surface area contributed by atoms with Crippen molar-refractivity contribution in [3.63, 3.8) is 0 Å². The minimum atomic E-state index is -4.82. The van der Waals surface area contributed by atoms with Crippen LogP contribution in [-0.2, 0) is 10.0 Å². The Morgan fingerprint density at radius 1 is 1.05 bits per heavy atom. The number of fused-ring (bicyclic) bond motifs is 1. The summed E-state index contributed by atoms with van der Waals surface area (Å²) in [4.78, 5) is 16.2. The lowest BCUT2D eigenvalue weighted by molar-refractivity contribution is 0.400. The van der Waals surface area contributed by atoms with E-state index in [4.69, 9.17) is 9.72 Å². The van der Waals surface area contributed by atoms with Gasteiger partial charge in [0.15, 0.2) is 4.90 Å². The number of benzene rings is 1. The number of ether oxygens (including phenoxy) is 1. The first-order valence-corrected chi connectivity index (χ1v) is 12.5. The van der Waals surface area contributed by atoms with Crippen LogP contribution in [-0.4, -0.2) is 48.6 Å². The molecule has 0 atom stereocenters. The first-order valence-electron chi connectivity index (χ1n) is 11.0. The Morgan fingerprint density at radius 2 is 1.84 bits per heavy atom. The molecule has 0 spiro atoms. The van der Waals surface area contributed by atoms with Crippen LogP contribution in [0.1, 0.15) is 12.1 Å². The maximum Gasteiger partial charge on any atom is 0.267 e. The van der Waals surface area contributed by atoms with Gasteiger partial charge in [0.2, 0.25) is 5.88 Å². The van der Waals surface area contributed by atoms with Crippen LogP contribution in [0.2, 0.25) is 0 Å². The Hall–Kier alpha value is -4.10. The molecule has 0 bridgehead atoms. The maximum absolute atomic E-state index is 14.2. The summed E-state index contributed by atoms with van der Waals surface area (Å²) in [6.07, 6.45) is 5.69. The smallest absolute Gasteiger partial charge is 0.267 e. The van der Waals surface area contributed by atoms with Crippen LogP contribution in [0.15, 0.2) is 53.8 Å². The molecule has 5 rings (SSSR count). The molecule has 0 saturated carbocycles. The third-order valence-electron chi connectivity index (χ3n) is 5.67. The van der Waals surface area contributed by atoms with Crippen LogP contribution in [0.4, 0.5) is 18.9 Å². The van der Waals surface area contributed by atoms with Crippen molar-refractivity contribution in [2.24, 2.45) is 0 Å². The number of halogens is 3. The first kappa shape index (κ1) is 24.6. The average molecular weight is 529 g/mol. The number of nitrogens with zero attached hydrogens (tertiary/aromatic N) is 4. The van der Waals surface area contributed by atoms with E-state index in [9.17, 15) is 21.6 Å². The van der Waals surface area contributed by atoms with Crippen LogP contribution in [0.5, 0.6) is 5.88 Å². The van der Waals surface area contributed by atoms with Crippen LogP contribution < -0.4 is 14.8 Å². The molecule has 190 valence electrons.